The molecular weight excluding hydrogens is 570 g/mol. The van der Waals surface area contributed by atoms with Crippen molar-refractivity contribution in [3.8, 4) is 0 Å². The van der Waals surface area contributed by atoms with Gasteiger partial charge in [-0.1, -0.05) is 111 Å². The van der Waals surface area contributed by atoms with Crippen molar-refractivity contribution in [2.75, 3.05) is 6.61 Å². The molecule has 0 fully saturated rings. The highest BCUT2D eigenvalue weighted by Gasteiger charge is 2.29. The van der Waals surface area contributed by atoms with Gasteiger partial charge in [0.25, 0.3) is 0 Å². The third-order valence-electron chi connectivity index (χ3n) is 6.82. The van der Waals surface area contributed by atoms with Crippen LogP contribution < -0.4 is 16.0 Å². The van der Waals surface area contributed by atoms with Gasteiger partial charge >= 0.3 is 12.1 Å². The van der Waals surface area contributed by atoms with Crippen molar-refractivity contribution in [2.24, 2.45) is 5.92 Å². The van der Waals surface area contributed by atoms with Crippen molar-refractivity contribution in [2.45, 2.75) is 64.8 Å². The van der Waals surface area contributed by atoms with Gasteiger partial charge in [0.15, 0.2) is 0 Å². The Kier molecular flexibility index (Phi) is 14.3. The second-order valence-corrected chi connectivity index (χ2v) is 11.1. The first-order valence-electron chi connectivity index (χ1n) is 15.2. The Balaban J connectivity index is 1.78. The molecule has 0 radical (unpaired) electrons. The van der Waals surface area contributed by atoms with E-state index in [1.165, 1.54) is 6.08 Å². The molecular formula is C36H43N3O6. The van der Waals surface area contributed by atoms with Gasteiger partial charge in [0, 0.05) is 12.5 Å². The molecule has 0 saturated carbocycles. The maximum atomic E-state index is 13.8. The molecule has 0 bridgehead atoms. The van der Waals surface area contributed by atoms with Crippen LogP contribution in [0.3, 0.4) is 0 Å². The summed E-state index contributed by atoms with van der Waals surface area (Å²) in [5.41, 5.74) is 2.62. The van der Waals surface area contributed by atoms with Crippen molar-refractivity contribution in [1.82, 2.24) is 16.0 Å². The summed E-state index contributed by atoms with van der Waals surface area (Å²) in [7, 11) is 0. The molecule has 0 heterocycles. The number of alkyl carbamates (subject to hydrolysis) is 1. The summed E-state index contributed by atoms with van der Waals surface area (Å²) in [6.07, 6.45) is 3.13. The molecule has 0 aliphatic carbocycles. The summed E-state index contributed by atoms with van der Waals surface area (Å²) in [5, 5.41) is 8.53. The fourth-order valence-corrected chi connectivity index (χ4v) is 4.64. The number of carbonyl (C=O) groups excluding carboxylic acids is 4. The van der Waals surface area contributed by atoms with Crippen molar-refractivity contribution in [3.05, 3.63) is 120 Å². The fourth-order valence-electron chi connectivity index (χ4n) is 4.64. The van der Waals surface area contributed by atoms with Crippen molar-refractivity contribution in [3.63, 3.8) is 0 Å². The first-order valence-corrected chi connectivity index (χ1v) is 15.2. The van der Waals surface area contributed by atoms with Crippen molar-refractivity contribution < 1.29 is 28.7 Å². The molecule has 0 spiro atoms. The van der Waals surface area contributed by atoms with Crippen LogP contribution in [0.4, 0.5) is 4.79 Å². The minimum atomic E-state index is -0.967. The van der Waals surface area contributed by atoms with Gasteiger partial charge in [-0.3, -0.25) is 9.59 Å². The quantitative estimate of drug-likeness (QED) is 0.156. The first-order chi connectivity index (χ1) is 21.7. The maximum Gasteiger partial charge on any atom is 0.408 e. The van der Waals surface area contributed by atoms with Gasteiger partial charge in [0.2, 0.25) is 11.8 Å². The summed E-state index contributed by atoms with van der Waals surface area (Å²) >= 11 is 0. The highest BCUT2D eigenvalue weighted by Crippen LogP contribution is 2.11. The van der Waals surface area contributed by atoms with Crippen LogP contribution in [-0.2, 0) is 43.3 Å². The van der Waals surface area contributed by atoms with Crippen molar-refractivity contribution >= 4 is 23.9 Å². The molecule has 3 amide bonds. The van der Waals surface area contributed by atoms with Crippen LogP contribution in [0, 0.1) is 5.92 Å². The lowest BCUT2D eigenvalue weighted by Crippen LogP contribution is -2.56. The Morgan fingerprint density at radius 2 is 1.20 bits per heavy atom. The second kappa shape index (κ2) is 18.7. The number of hydrogen-bond acceptors (Lipinski definition) is 6. The number of nitrogens with one attached hydrogen (secondary N) is 3. The van der Waals surface area contributed by atoms with E-state index in [0.717, 1.165) is 16.7 Å². The predicted octanol–water partition coefficient (Wildman–Crippen LogP) is 4.90. The molecule has 238 valence electrons. The summed E-state index contributed by atoms with van der Waals surface area (Å²) in [6.45, 7) is 5.89. The molecule has 3 aromatic rings. The van der Waals surface area contributed by atoms with Crippen LogP contribution in [0.25, 0.3) is 0 Å². The standard InChI is InChI=1S/C36H43N3O6/c1-4-44-33(40)21-20-30(23-27-14-8-5-9-15-27)37-34(41)32(24-28-16-10-6-11-17-28)38-35(42)31(22-26(2)3)39-36(43)45-25-29-18-12-7-13-19-29/h5-21,26,30-32H,4,22-25H2,1-3H3,(H,37,41)(H,38,42)(H,39,43)/b21-20+. The zero-order valence-electron chi connectivity index (χ0n) is 26.1. The topological polar surface area (TPSA) is 123 Å². The molecule has 3 unspecified atom stereocenters. The molecule has 9 nitrogen and oxygen atoms in total. The van der Waals surface area contributed by atoms with Gasteiger partial charge in [-0.15, -0.1) is 0 Å². The Bertz CT molecular complexity index is 1380. The van der Waals surface area contributed by atoms with Crippen LogP contribution in [0.15, 0.2) is 103 Å². The van der Waals surface area contributed by atoms with Crippen LogP contribution >= 0.6 is 0 Å². The first kappa shape index (κ1) is 34.6. The van der Waals surface area contributed by atoms with Gasteiger partial charge < -0.3 is 25.4 Å². The van der Waals surface area contributed by atoms with E-state index in [4.69, 9.17) is 9.47 Å². The summed E-state index contributed by atoms with van der Waals surface area (Å²) in [5.74, 6) is -1.38. The molecule has 3 rings (SSSR count). The highest BCUT2D eigenvalue weighted by molar-refractivity contribution is 5.91. The number of hydrogen-bond donors (Lipinski definition) is 3. The van der Waals surface area contributed by atoms with E-state index >= 15 is 0 Å². The molecule has 9 heteroatoms. The Morgan fingerprint density at radius 1 is 0.667 bits per heavy atom. The van der Waals surface area contributed by atoms with E-state index in [-0.39, 0.29) is 25.6 Å². The second-order valence-electron chi connectivity index (χ2n) is 11.1. The minimum Gasteiger partial charge on any atom is -0.463 e. The lowest BCUT2D eigenvalue weighted by atomic mass is 10.0. The Labute approximate surface area is 265 Å². The Morgan fingerprint density at radius 3 is 1.76 bits per heavy atom. The molecule has 0 aliphatic heterocycles. The molecule has 45 heavy (non-hydrogen) atoms. The Hall–Kier alpha value is -4.92. The number of esters is 1. The number of rotatable bonds is 16. The van der Waals surface area contributed by atoms with E-state index in [2.05, 4.69) is 16.0 Å². The molecule has 0 saturated heterocycles. The van der Waals surface area contributed by atoms with E-state index < -0.39 is 42.0 Å². The molecule has 0 aliphatic rings. The molecule has 3 N–H and O–H groups in total. The van der Waals surface area contributed by atoms with Crippen LogP contribution in [0.1, 0.15) is 43.9 Å². The fraction of sp³-hybridized carbons (Fsp3) is 0.333. The van der Waals surface area contributed by atoms with Crippen LogP contribution in [-0.4, -0.2) is 48.6 Å². The lowest BCUT2D eigenvalue weighted by molar-refractivity contribution is -0.137. The average molecular weight is 614 g/mol. The minimum absolute atomic E-state index is 0.0594. The van der Waals surface area contributed by atoms with Gasteiger partial charge in [-0.2, -0.15) is 0 Å². The molecule has 3 aromatic carbocycles. The highest BCUT2D eigenvalue weighted by atomic mass is 16.5. The largest absolute Gasteiger partial charge is 0.463 e. The van der Waals surface area contributed by atoms with Crippen LogP contribution in [0.5, 0.6) is 0 Å². The van der Waals surface area contributed by atoms with E-state index in [9.17, 15) is 19.2 Å². The maximum absolute atomic E-state index is 13.8. The summed E-state index contributed by atoms with van der Waals surface area (Å²) in [6, 6.07) is 25.7. The van der Waals surface area contributed by atoms with Gasteiger partial charge in [-0.25, -0.2) is 9.59 Å². The third-order valence-corrected chi connectivity index (χ3v) is 6.82. The number of amides is 3. The smallest absolute Gasteiger partial charge is 0.408 e. The van der Waals surface area contributed by atoms with Gasteiger partial charge in [-0.05, 0) is 42.4 Å². The van der Waals surface area contributed by atoms with E-state index in [0.29, 0.717) is 12.8 Å². The van der Waals surface area contributed by atoms with E-state index in [1.54, 1.807) is 13.0 Å². The number of carbonyl (C=O) groups is 4. The summed E-state index contributed by atoms with van der Waals surface area (Å²) < 4.78 is 10.4. The molecule has 3 atom stereocenters. The number of benzene rings is 3. The molecule has 0 aromatic heterocycles. The predicted molar refractivity (Wildman–Crippen MR) is 173 cm³/mol. The van der Waals surface area contributed by atoms with E-state index in [1.807, 2.05) is 105 Å². The third kappa shape index (κ3) is 13.1. The zero-order chi connectivity index (χ0) is 32.4. The van der Waals surface area contributed by atoms with Gasteiger partial charge in [0.05, 0.1) is 12.6 Å². The zero-order valence-corrected chi connectivity index (χ0v) is 26.1. The average Bonchev–Trinajstić information content (AvgIpc) is 3.03. The normalized spacial score (nSPS) is 13.0. The van der Waals surface area contributed by atoms with Gasteiger partial charge in [0.1, 0.15) is 18.7 Å². The van der Waals surface area contributed by atoms with Crippen molar-refractivity contribution in [1.29, 1.82) is 0 Å². The number of ether oxygens (including phenoxy) is 2. The summed E-state index contributed by atoms with van der Waals surface area (Å²) in [4.78, 5) is 52.2. The SMILES string of the molecule is CCOC(=O)/C=C/C(Cc1ccccc1)NC(=O)C(Cc1ccccc1)NC(=O)C(CC(C)C)NC(=O)OCc1ccccc1. The van der Waals surface area contributed by atoms with Crippen LogP contribution in [0.2, 0.25) is 0 Å². The monoisotopic (exact) mass is 613 g/mol. The lowest BCUT2D eigenvalue weighted by Gasteiger charge is -2.25.